The molecule has 3 aromatic rings. The average Bonchev–Trinajstić information content (AvgIpc) is 3.06. The van der Waals surface area contributed by atoms with E-state index in [1.165, 1.54) is 0 Å². The molecule has 0 aliphatic carbocycles. The van der Waals surface area contributed by atoms with Crippen LogP contribution in [0, 0.1) is 0 Å². The topological polar surface area (TPSA) is 59.8 Å². The number of hydrogen-bond donors (Lipinski definition) is 1. The number of halogens is 1. The molecule has 2 aromatic carbocycles. The fourth-order valence-electron chi connectivity index (χ4n) is 2.21. The summed E-state index contributed by atoms with van der Waals surface area (Å²) >= 11 is 3.41. The molecule has 0 saturated heterocycles. The number of nitrogens with zero attached hydrogens (tertiary/aromatic N) is 3. The first-order chi connectivity index (χ1) is 11.1. The summed E-state index contributed by atoms with van der Waals surface area (Å²) in [6.45, 7) is 1.94. The highest BCUT2D eigenvalue weighted by Gasteiger charge is 2.15. The summed E-state index contributed by atoms with van der Waals surface area (Å²) in [5.74, 6) is -0.248. The second-order valence-electron chi connectivity index (χ2n) is 5.13. The lowest BCUT2D eigenvalue weighted by Gasteiger charge is -2.12. The van der Waals surface area contributed by atoms with Crippen LogP contribution < -0.4 is 5.32 Å². The molecule has 1 amide bonds. The van der Waals surface area contributed by atoms with Crippen LogP contribution in [0.25, 0.3) is 5.69 Å². The fourth-order valence-corrected chi connectivity index (χ4v) is 2.60. The summed E-state index contributed by atoms with van der Waals surface area (Å²) in [6, 6.07) is 17.3. The zero-order valence-electron chi connectivity index (χ0n) is 12.5. The summed E-state index contributed by atoms with van der Waals surface area (Å²) in [6.07, 6.45) is 1.62. The van der Waals surface area contributed by atoms with Gasteiger partial charge in [0, 0.05) is 4.47 Å². The Hall–Kier alpha value is -2.47. The van der Waals surface area contributed by atoms with Gasteiger partial charge >= 0.3 is 0 Å². The fraction of sp³-hybridized carbons (Fsp3) is 0.118. The second-order valence-corrected chi connectivity index (χ2v) is 6.05. The molecular weight excluding hydrogens is 356 g/mol. The van der Waals surface area contributed by atoms with Gasteiger partial charge in [-0.15, -0.1) is 5.10 Å². The van der Waals surface area contributed by atoms with E-state index in [-0.39, 0.29) is 17.6 Å². The molecule has 0 fully saturated rings. The summed E-state index contributed by atoms with van der Waals surface area (Å²) < 4.78 is 2.52. The van der Waals surface area contributed by atoms with E-state index in [9.17, 15) is 4.79 Å². The predicted octanol–water partition coefficient (Wildman–Crippen LogP) is 3.52. The molecule has 0 saturated carbocycles. The van der Waals surface area contributed by atoms with Gasteiger partial charge in [0.1, 0.15) is 0 Å². The first-order valence-corrected chi connectivity index (χ1v) is 7.97. The minimum Gasteiger partial charge on any atom is -0.344 e. The van der Waals surface area contributed by atoms with Crippen LogP contribution in [-0.2, 0) is 0 Å². The molecule has 1 N–H and O–H groups in total. The highest BCUT2D eigenvalue weighted by atomic mass is 79.9. The quantitative estimate of drug-likeness (QED) is 0.764. The summed E-state index contributed by atoms with van der Waals surface area (Å²) in [7, 11) is 0. The van der Waals surface area contributed by atoms with Crippen molar-refractivity contribution in [1.82, 2.24) is 20.3 Å². The van der Waals surface area contributed by atoms with Gasteiger partial charge in [0.15, 0.2) is 5.69 Å². The summed E-state index contributed by atoms with van der Waals surface area (Å²) in [4.78, 5) is 12.3. The minimum atomic E-state index is -0.248. The molecule has 0 aliphatic rings. The van der Waals surface area contributed by atoms with Crippen molar-refractivity contribution in [3.8, 4) is 5.69 Å². The molecule has 23 heavy (non-hydrogen) atoms. The molecule has 0 aliphatic heterocycles. The number of rotatable bonds is 4. The third-order valence-corrected chi connectivity index (χ3v) is 3.94. The van der Waals surface area contributed by atoms with Gasteiger partial charge < -0.3 is 5.32 Å². The standard InChI is InChI=1S/C17H15BrN4O/c1-12(13-6-3-2-4-7-13)19-17(23)16-11-22(21-20-16)15-9-5-8-14(18)10-15/h2-12H,1H3,(H,19,23)/t12-/m0/s1. The zero-order valence-corrected chi connectivity index (χ0v) is 14.1. The van der Waals surface area contributed by atoms with Gasteiger partial charge in [-0.1, -0.05) is 57.5 Å². The van der Waals surface area contributed by atoms with Gasteiger partial charge in [0.05, 0.1) is 17.9 Å². The van der Waals surface area contributed by atoms with Crippen molar-refractivity contribution in [3.63, 3.8) is 0 Å². The van der Waals surface area contributed by atoms with E-state index in [0.29, 0.717) is 0 Å². The van der Waals surface area contributed by atoms with Gasteiger partial charge in [-0.3, -0.25) is 4.79 Å². The lowest BCUT2D eigenvalue weighted by Crippen LogP contribution is -2.26. The number of carbonyl (C=O) groups is 1. The van der Waals surface area contributed by atoms with Crippen molar-refractivity contribution < 1.29 is 4.79 Å². The van der Waals surface area contributed by atoms with E-state index >= 15 is 0 Å². The Morgan fingerprint density at radius 3 is 2.70 bits per heavy atom. The van der Waals surface area contributed by atoms with Crippen LogP contribution in [0.4, 0.5) is 0 Å². The summed E-state index contributed by atoms with van der Waals surface area (Å²) in [5, 5.41) is 10.9. The monoisotopic (exact) mass is 370 g/mol. The Morgan fingerprint density at radius 1 is 1.17 bits per heavy atom. The molecule has 6 heteroatoms. The van der Waals surface area contributed by atoms with Gasteiger partial charge in [0.25, 0.3) is 5.91 Å². The first-order valence-electron chi connectivity index (χ1n) is 7.17. The molecule has 0 radical (unpaired) electrons. The molecule has 116 valence electrons. The predicted molar refractivity (Wildman–Crippen MR) is 91.4 cm³/mol. The normalized spacial score (nSPS) is 11.9. The third kappa shape index (κ3) is 3.65. The molecule has 1 aromatic heterocycles. The van der Waals surface area contributed by atoms with Gasteiger partial charge in [-0.25, -0.2) is 4.68 Å². The van der Waals surface area contributed by atoms with Crippen LogP contribution in [0.15, 0.2) is 65.3 Å². The van der Waals surface area contributed by atoms with E-state index in [1.807, 2.05) is 61.5 Å². The lowest BCUT2D eigenvalue weighted by molar-refractivity contribution is 0.0935. The number of amides is 1. The van der Waals surface area contributed by atoms with E-state index in [4.69, 9.17) is 0 Å². The van der Waals surface area contributed by atoms with Crippen LogP contribution in [0.5, 0.6) is 0 Å². The lowest BCUT2D eigenvalue weighted by atomic mass is 10.1. The number of hydrogen-bond acceptors (Lipinski definition) is 3. The van der Waals surface area contributed by atoms with Gasteiger partial charge in [0.2, 0.25) is 0 Å². The maximum Gasteiger partial charge on any atom is 0.273 e. The highest BCUT2D eigenvalue weighted by molar-refractivity contribution is 9.10. The zero-order chi connectivity index (χ0) is 16.2. The Balaban J connectivity index is 1.74. The molecule has 3 rings (SSSR count). The van der Waals surface area contributed by atoms with E-state index in [0.717, 1.165) is 15.7 Å². The van der Waals surface area contributed by atoms with Crippen molar-refractivity contribution in [2.45, 2.75) is 13.0 Å². The molecule has 1 heterocycles. The second kappa shape index (κ2) is 6.75. The largest absolute Gasteiger partial charge is 0.344 e. The van der Waals surface area contributed by atoms with Crippen molar-refractivity contribution in [1.29, 1.82) is 0 Å². The van der Waals surface area contributed by atoms with E-state index in [2.05, 4.69) is 31.6 Å². The summed E-state index contributed by atoms with van der Waals surface area (Å²) in [5.41, 5.74) is 2.16. The highest BCUT2D eigenvalue weighted by Crippen LogP contribution is 2.15. The van der Waals surface area contributed by atoms with Crippen LogP contribution in [-0.4, -0.2) is 20.9 Å². The molecule has 5 nitrogen and oxygen atoms in total. The van der Waals surface area contributed by atoms with Crippen molar-refractivity contribution in [2.75, 3.05) is 0 Å². The first kappa shape index (κ1) is 15.4. The molecule has 0 spiro atoms. The number of nitrogens with one attached hydrogen (secondary N) is 1. The number of carbonyl (C=O) groups excluding carboxylic acids is 1. The molecule has 0 unspecified atom stereocenters. The smallest absolute Gasteiger partial charge is 0.273 e. The van der Waals surface area contributed by atoms with Crippen molar-refractivity contribution in [2.24, 2.45) is 0 Å². The molecule has 0 bridgehead atoms. The van der Waals surface area contributed by atoms with E-state index < -0.39 is 0 Å². The third-order valence-electron chi connectivity index (χ3n) is 3.45. The van der Waals surface area contributed by atoms with Crippen LogP contribution in [0.2, 0.25) is 0 Å². The van der Waals surface area contributed by atoms with Gasteiger partial charge in [-0.05, 0) is 30.7 Å². The Labute approximate surface area is 142 Å². The van der Waals surface area contributed by atoms with Crippen LogP contribution in [0.1, 0.15) is 29.0 Å². The Morgan fingerprint density at radius 2 is 1.96 bits per heavy atom. The van der Waals surface area contributed by atoms with Crippen LogP contribution in [0.3, 0.4) is 0 Å². The van der Waals surface area contributed by atoms with Crippen LogP contribution >= 0.6 is 15.9 Å². The molecule has 1 atom stereocenters. The number of aromatic nitrogens is 3. The number of benzene rings is 2. The van der Waals surface area contributed by atoms with Gasteiger partial charge in [-0.2, -0.15) is 0 Å². The molecular formula is C17H15BrN4O. The maximum atomic E-state index is 12.3. The van der Waals surface area contributed by atoms with Crippen molar-refractivity contribution >= 4 is 21.8 Å². The van der Waals surface area contributed by atoms with Crippen molar-refractivity contribution in [3.05, 3.63) is 76.5 Å². The maximum absolute atomic E-state index is 12.3. The SMILES string of the molecule is C[C@H](NC(=O)c1cn(-c2cccc(Br)c2)nn1)c1ccccc1. The minimum absolute atomic E-state index is 0.0975. The Kier molecular flexibility index (Phi) is 4.52. The average molecular weight is 371 g/mol. The Bertz CT molecular complexity index is 816. The van der Waals surface area contributed by atoms with E-state index in [1.54, 1.807) is 10.9 Å².